The number of nitrogens with zero attached hydrogens (tertiary/aromatic N) is 1. The van der Waals surface area contributed by atoms with Crippen molar-refractivity contribution in [3.63, 3.8) is 0 Å². The molecular formula is C20H23NO3. The molecule has 0 bridgehead atoms. The second kappa shape index (κ2) is 7.05. The monoisotopic (exact) mass is 325 g/mol. The Bertz CT molecular complexity index is 694. The van der Waals surface area contributed by atoms with Crippen molar-refractivity contribution in [2.45, 2.75) is 45.4 Å². The highest BCUT2D eigenvalue weighted by molar-refractivity contribution is 5.79. The number of carbonyl (C=O) groups is 1. The van der Waals surface area contributed by atoms with Crippen LogP contribution in [0.25, 0.3) is 0 Å². The Kier molecular flexibility index (Phi) is 4.86. The predicted octanol–water partition coefficient (Wildman–Crippen LogP) is 3.66. The third kappa shape index (κ3) is 3.60. The molecule has 3 rings (SSSR count). The summed E-state index contributed by atoms with van der Waals surface area (Å²) in [4.78, 5) is 13.8. The molecule has 2 aromatic rings. The number of ether oxygens (including phenoxy) is 1. The van der Waals surface area contributed by atoms with Crippen molar-refractivity contribution in [2.24, 2.45) is 0 Å². The maximum atomic E-state index is 12.0. The molecule has 0 unspecified atom stereocenters. The molecule has 0 radical (unpaired) electrons. The largest absolute Gasteiger partial charge is 0.457 e. The smallest absolute Gasteiger partial charge is 0.225 e. The highest BCUT2D eigenvalue weighted by Gasteiger charge is 2.37. The van der Waals surface area contributed by atoms with Gasteiger partial charge >= 0.3 is 0 Å². The molecule has 24 heavy (non-hydrogen) atoms. The number of rotatable bonds is 5. The van der Waals surface area contributed by atoms with E-state index in [1.54, 1.807) is 4.90 Å². The lowest BCUT2D eigenvalue weighted by atomic mass is 10.1. The highest BCUT2D eigenvalue weighted by Crippen LogP contribution is 2.26. The molecule has 1 fully saturated rings. The quantitative estimate of drug-likeness (QED) is 0.913. The number of hydrogen-bond acceptors (Lipinski definition) is 3. The lowest BCUT2D eigenvalue weighted by Crippen LogP contribution is -2.35. The molecule has 4 heteroatoms. The van der Waals surface area contributed by atoms with Crippen LogP contribution in [0.1, 0.15) is 30.9 Å². The van der Waals surface area contributed by atoms with E-state index in [4.69, 9.17) is 4.74 Å². The van der Waals surface area contributed by atoms with Crippen LogP contribution in [-0.4, -0.2) is 28.1 Å². The second-order valence-corrected chi connectivity index (χ2v) is 6.33. The number of likely N-dealkylation sites (tertiary alicyclic amines) is 1. The molecule has 0 aliphatic carbocycles. The summed E-state index contributed by atoms with van der Waals surface area (Å²) in [6.45, 7) is 4.57. The molecule has 1 aliphatic rings. The maximum Gasteiger partial charge on any atom is 0.225 e. The molecule has 1 N–H and O–H groups in total. The third-order valence-electron chi connectivity index (χ3n) is 4.50. The van der Waals surface area contributed by atoms with Gasteiger partial charge in [-0.05, 0) is 43.2 Å². The van der Waals surface area contributed by atoms with Crippen molar-refractivity contribution in [3.8, 4) is 11.5 Å². The third-order valence-corrected chi connectivity index (χ3v) is 4.50. The van der Waals surface area contributed by atoms with Crippen molar-refractivity contribution in [1.82, 2.24) is 4.90 Å². The average Bonchev–Trinajstić information content (AvgIpc) is 2.84. The molecule has 0 saturated carbocycles. The van der Waals surface area contributed by atoms with Gasteiger partial charge in [0, 0.05) is 6.54 Å². The molecular weight excluding hydrogens is 302 g/mol. The number of aliphatic hydroxyl groups excluding tert-OH is 1. The first-order valence-corrected chi connectivity index (χ1v) is 8.38. The standard InChI is InChI=1S/C20H23NO3/c1-3-18-19(22)12-20(23)21(18)13-15-6-10-17(11-7-15)24-16-8-4-14(2)5-9-16/h4-11,18-19,22H,3,12-13H2,1-2H3/t18-,19-/m0/s1. The van der Waals surface area contributed by atoms with Gasteiger partial charge in [0.1, 0.15) is 11.5 Å². The summed E-state index contributed by atoms with van der Waals surface area (Å²) in [5.74, 6) is 1.59. The first-order chi connectivity index (χ1) is 11.6. The normalized spacial score (nSPS) is 20.5. The average molecular weight is 325 g/mol. The molecule has 126 valence electrons. The molecule has 4 nitrogen and oxygen atoms in total. The van der Waals surface area contributed by atoms with Gasteiger partial charge in [0.05, 0.1) is 18.6 Å². The van der Waals surface area contributed by atoms with Crippen LogP contribution in [0.15, 0.2) is 48.5 Å². The summed E-state index contributed by atoms with van der Waals surface area (Å²) in [5, 5.41) is 9.95. The van der Waals surface area contributed by atoms with Gasteiger partial charge in [-0.1, -0.05) is 36.8 Å². The van der Waals surface area contributed by atoms with Crippen molar-refractivity contribution >= 4 is 5.91 Å². The molecule has 2 aromatic carbocycles. The summed E-state index contributed by atoms with van der Waals surface area (Å²) >= 11 is 0. The lowest BCUT2D eigenvalue weighted by Gasteiger charge is -2.25. The summed E-state index contributed by atoms with van der Waals surface area (Å²) in [5.41, 5.74) is 2.23. The topological polar surface area (TPSA) is 49.8 Å². The van der Waals surface area contributed by atoms with Crippen molar-refractivity contribution < 1.29 is 14.6 Å². The SMILES string of the molecule is CC[C@H]1[C@@H](O)CC(=O)N1Cc1ccc(Oc2ccc(C)cc2)cc1. The first kappa shape index (κ1) is 16.5. The molecule has 1 saturated heterocycles. The van der Waals surface area contributed by atoms with Crippen molar-refractivity contribution in [3.05, 3.63) is 59.7 Å². The highest BCUT2D eigenvalue weighted by atomic mass is 16.5. The van der Waals surface area contributed by atoms with Gasteiger partial charge in [-0.3, -0.25) is 4.79 Å². The van der Waals surface area contributed by atoms with E-state index in [0.717, 1.165) is 23.5 Å². The van der Waals surface area contributed by atoms with Gasteiger partial charge < -0.3 is 14.7 Å². The van der Waals surface area contributed by atoms with Crippen molar-refractivity contribution in [1.29, 1.82) is 0 Å². The van der Waals surface area contributed by atoms with Gasteiger partial charge in [-0.25, -0.2) is 0 Å². The van der Waals surface area contributed by atoms with E-state index in [0.29, 0.717) is 6.54 Å². The van der Waals surface area contributed by atoms with E-state index in [9.17, 15) is 9.90 Å². The maximum absolute atomic E-state index is 12.0. The van der Waals surface area contributed by atoms with E-state index < -0.39 is 6.10 Å². The van der Waals surface area contributed by atoms with Crippen LogP contribution in [0.5, 0.6) is 11.5 Å². The first-order valence-electron chi connectivity index (χ1n) is 8.38. The van der Waals surface area contributed by atoms with Crippen LogP contribution in [0, 0.1) is 6.92 Å². The van der Waals surface area contributed by atoms with Gasteiger partial charge in [-0.2, -0.15) is 0 Å². The zero-order chi connectivity index (χ0) is 17.1. The number of aryl methyl sites for hydroxylation is 1. The van der Waals surface area contributed by atoms with Crippen LogP contribution < -0.4 is 4.74 Å². The summed E-state index contributed by atoms with van der Waals surface area (Å²) in [6.07, 6.45) is 0.445. The zero-order valence-corrected chi connectivity index (χ0v) is 14.1. The van der Waals surface area contributed by atoms with E-state index in [1.165, 1.54) is 5.56 Å². The minimum atomic E-state index is -0.549. The Morgan fingerprint density at radius 2 is 1.67 bits per heavy atom. The number of benzene rings is 2. The summed E-state index contributed by atoms with van der Waals surface area (Å²) in [6, 6.07) is 15.6. The Morgan fingerprint density at radius 3 is 2.25 bits per heavy atom. The van der Waals surface area contributed by atoms with E-state index >= 15 is 0 Å². The molecule has 2 atom stereocenters. The van der Waals surface area contributed by atoms with Crippen LogP contribution in [0.4, 0.5) is 0 Å². The molecule has 0 spiro atoms. The Labute approximate surface area is 142 Å². The molecule has 0 aromatic heterocycles. The molecule has 1 aliphatic heterocycles. The van der Waals surface area contributed by atoms with Crippen LogP contribution >= 0.6 is 0 Å². The van der Waals surface area contributed by atoms with E-state index in [2.05, 4.69) is 0 Å². The minimum absolute atomic E-state index is 0.0225. The second-order valence-electron chi connectivity index (χ2n) is 6.33. The zero-order valence-electron chi connectivity index (χ0n) is 14.1. The number of aliphatic hydroxyl groups is 1. The van der Waals surface area contributed by atoms with Gasteiger partial charge in [0.25, 0.3) is 0 Å². The van der Waals surface area contributed by atoms with Gasteiger partial charge in [-0.15, -0.1) is 0 Å². The Morgan fingerprint density at radius 1 is 1.08 bits per heavy atom. The number of carbonyl (C=O) groups excluding carboxylic acids is 1. The van der Waals surface area contributed by atoms with Crippen LogP contribution in [0.3, 0.4) is 0 Å². The molecule has 1 heterocycles. The fraction of sp³-hybridized carbons (Fsp3) is 0.350. The summed E-state index contributed by atoms with van der Waals surface area (Å²) in [7, 11) is 0. The fourth-order valence-corrected chi connectivity index (χ4v) is 3.12. The molecule has 1 amide bonds. The summed E-state index contributed by atoms with van der Waals surface area (Å²) < 4.78 is 5.82. The predicted molar refractivity (Wildman–Crippen MR) is 92.9 cm³/mol. The Hall–Kier alpha value is -2.33. The van der Waals surface area contributed by atoms with E-state index in [-0.39, 0.29) is 18.4 Å². The van der Waals surface area contributed by atoms with Crippen LogP contribution in [0.2, 0.25) is 0 Å². The number of amides is 1. The van der Waals surface area contributed by atoms with Gasteiger partial charge in [0.15, 0.2) is 0 Å². The van der Waals surface area contributed by atoms with E-state index in [1.807, 2.05) is 62.4 Å². The minimum Gasteiger partial charge on any atom is -0.457 e. The fourth-order valence-electron chi connectivity index (χ4n) is 3.12. The Balaban J connectivity index is 1.66. The van der Waals surface area contributed by atoms with Crippen molar-refractivity contribution in [2.75, 3.05) is 0 Å². The number of hydrogen-bond donors (Lipinski definition) is 1. The van der Waals surface area contributed by atoms with Gasteiger partial charge in [0.2, 0.25) is 5.91 Å². The van der Waals surface area contributed by atoms with Crippen LogP contribution in [-0.2, 0) is 11.3 Å². The lowest BCUT2D eigenvalue weighted by molar-refractivity contribution is -0.129.